The van der Waals surface area contributed by atoms with Crippen molar-refractivity contribution in [3.05, 3.63) is 143 Å². The van der Waals surface area contributed by atoms with Crippen LogP contribution in [0.15, 0.2) is 115 Å². The van der Waals surface area contributed by atoms with Crippen LogP contribution in [0.1, 0.15) is 50.9 Å². The van der Waals surface area contributed by atoms with Crippen molar-refractivity contribution in [3.63, 3.8) is 0 Å². The standard InChI is InChI=1S/C38H30FN3O2S/c1-23(2)25-17-14-24(15-18-25)16-19-33(43)28-11-7-13-30(21-28)41-37(44)36-35(40)34-31(27-10-6-12-29(39)20-27)22-32(42-38(34)45-36)26-8-4-3-5-9-26/h3-23H,40H2,1-2H3,(H,41,44). The summed E-state index contributed by atoms with van der Waals surface area (Å²) >= 11 is 1.17. The lowest BCUT2D eigenvalue weighted by molar-refractivity contribution is 0.102. The van der Waals surface area contributed by atoms with Crippen LogP contribution in [-0.2, 0) is 0 Å². The molecule has 1 amide bonds. The summed E-state index contributed by atoms with van der Waals surface area (Å²) in [6, 6.07) is 32.7. The number of fused-ring (bicyclic) bond motifs is 1. The van der Waals surface area contributed by atoms with Crippen LogP contribution in [0.2, 0.25) is 0 Å². The first-order valence-corrected chi connectivity index (χ1v) is 15.4. The second-order valence-electron chi connectivity index (χ2n) is 11.0. The number of nitrogens with zero attached hydrogens (tertiary/aromatic N) is 1. The largest absolute Gasteiger partial charge is 0.397 e. The molecule has 0 aliphatic rings. The molecule has 0 unspecified atom stereocenters. The highest BCUT2D eigenvalue weighted by Gasteiger charge is 2.22. The number of carbonyl (C=O) groups excluding carboxylic acids is 2. The van der Waals surface area contributed by atoms with Gasteiger partial charge in [-0.2, -0.15) is 0 Å². The number of aromatic nitrogens is 1. The zero-order chi connectivity index (χ0) is 31.5. The van der Waals surface area contributed by atoms with Gasteiger partial charge in [-0.05, 0) is 64.6 Å². The van der Waals surface area contributed by atoms with E-state index in [2.05, 4.69) is 31.3 Å². The summed E-state index contributed by atoms with van der Waals surface area (Å²) in [4.78, 5) is 32.2. The second kappa shape index (κ2) is 12.7. The lowest BCUT2D eigenvalue weighted by Gasteiger charge is -2.09. The number of thiophene rings is 1. The maximum atomic E-state index is 14.3. The number of allylic oxidation sites excluding steroid dienone is 1. The minimum absolute atomic E-state index is 0.183. The van der Waals surface area contributed by atoms with Crippen LogP contribution < -0.4 is 11.1 Å². The van der Waals surface area contributed by atoms with E-state index in [4.69, 9.17) is 10.7 Å². The average molecular weight is 612 g/mol. The molecule has 222 valence electrons. The Morgan fingerprint density at radius 2 is 1.60 bits per heavy atom. The lowest BCUT2D eigenvalue weighted by Crippen LogP contribution is -2.12. The Hall–Kier alpha value is -5.40. The van der Waals surface area contributed by atoms with Crippen LogP contribution in [0.3, 0.4) is 0 Å². The van der Waals surface area contributed by atoms with Crippen molar-refractivity contribution >= 4 is 50.7 Å². The molecule has 4 aromatic carbocycles. The van der Waals surface area contributed by atoms with Crippen molar-refractivity contribution in [2.75, 3.05) is 11.1 Å². The van der Waals surface area contributed by atoms with Crippen molar-refractivity contribution < 1.29 is 14.0 Å². The van der Waals surface area contributed by atoms with E-state index in [0.29, 0.717) is 44.2 Å². The zero-order valence-corrected chi connectivity index (χ0v) is 25.6. The van der Waals surface area contributed by atoms with Crippen LogP contribution in [0.25, 0.3) is 38.7 Å². The molecule has 2 heterocycles. The normalized spacial score (nSPS) is 11.4. The van der Waals surface area contributed by atoms with Gasteiger partial charge in [-0.25, -0.2) is 9.37 Å². The highest BCUT2D eigenvalue weighted by Crippen LogP contribution is 2.41. The molecular formula is C38H30FN3O2S. The third-order valence-electron chi connectivity index (χ3n) is 7.55. The van der Waals surface area contributed by atoms with Crippen molar-refractivity contribution in [3.8, 4) is 22.4 Å². The third kappa shape index (κ3) is 6.44. The number of benzene rings is 4. The molecule has 45 heavy (non-hydrogen) atoms. The Morgan fingerprint density at radius 3 is 2.33 bits per heavy atom. The summed E-state index contributed by atoms with van der Waals surface area (Å²) < 4.78 is 14.3. The molecular weight excluding hydrogens is 582 g/mol. The van der Waals surface area contributed by atoms with Crippen LogP contribution in [-0.4, -0.2) is 16.7 Å². The molecule has 7 heteroatoms. The number of pyridine rings is 1. The van der Waals surface area contributed by atoms with Gasteiger partial charge in [0.15, 0.2) is 5.78 Å². The van der Waals surface area contributed by atoms with Crippen molar-refractivity contribution in [2.24, 2.45) is 0 Å². The molecule has 0 saturated carbocycles. The number of hydrogen-bond donors (Lipinski definition) is 2. The van der Waals surface area contributed by atoms with Crippen LogP contribution in [0, 0.1) is 5.82 Å². The van der Waals surface area contributed by atoms with Gasteiger partial charge < -0.3 is 11.1 Å². The van der Waals surface area contributed by atoms with Crippen molar-refractivity contribution in [1.82, 2.24) is 4.98 Å². The Balaban J connectivity index is 1.29. The van der Waals surface area contributed by atoms with Gasteiger partial charge >= 0.3 is 0 Å². The summed E-state index contributed by atoms with van der Waals surface area (Å²) in [5.41, 5.74) is 12.8. The number of anilines is 2. The van der Waals surface area contributed by atoms with E-state index in [1.165, 1.54) is 35.1 Å². The molecule has 3 N–H and O–H groups in total. The molecule has 2 aromatic heterocycles. The fourth-order valence-electron chi connectivity index (χ4n) is 5.13. The fourth-order valence-corrected chi connectivity index (χ4v) is 6.14. The summed E-state index contributed by atoms with van der Waals surface area (Å²) in [5.74, 6) is -0.548. The van der Waals surface area contributed by atoms with Crippen LogP contribution in [0.5, 0.6) is 0 Å². The molecule has 6 rings (SSSR count). The van der Waals surface area contributed by atoms with Gasteiger partial charge in [-0.15, -0.1) is 11.3 Å². The fraction of sp³-hybridized carbons (Fsp3) is 0.0789. The molecule has 0 atom stereocenters. The van der Waals surface area contributed by atoms with Crippen molar-refractivity contribution in [2.45, 2.75) is 19.8 Å². The number of nitrogens with two attached hydrogens (primary N) is 1. The van der Waals surface area contributed by atoms with Gasteiger partial charge in [0.2, 0.25) is 0 Å². The molecule has 0 saturated heterocycles. The number of nitrogens with one attached hydrogen (secondary N) is 1. The first kappa shape index (κ1) is 29.7. The minimum Gasteiger partial charge on any atom is -0.397 e. The van der Waals surface area contributed by atoms with Gasteiger partial charge in [0.1, 0.15) is 15.5 Å². The number of ketones is 1. The number of nitrogen functional groups attached to an aromatic ring is 1. The molecule has 6 aromatic rings. The summed E-state index contributed by atoms with van der Waals surface area (Å²) in [7, 11) is 0. The number of halogens is 1. The van der Waals surface area contributed by atoms with Crippen LogP contribution >= 0.6 is 11.3 Å². The maximum Gasteiger partial charge on any atom is 0.267 e. The Morgan fingerprint density at radius 1 is 0.867 bits per heavy atom. The molecule has 0 bridgehead atoms. The van der Waals surface area contributed by atoms with E-state index >= 15 is 0 Å². The highest BCUT2D eigenvalue weighted by atomic mass is 32.1. The maximum absolute atomic E-state index is 14.3. The van der Waals surface area contributed by atoms with E-state index < -0.39 is 5.91 Å². The smallest absolute Gasteiger partial charge is 0.267 e. The molecule has 0 aliphatic heterocycles. The SMILES string of the molecule is CC(C)c1ccc(C=CC(=O)c2cccc(NC(=O)c3sc4nc(-c5ccccc5)cc(-c5cccc(F)c5)c4c3N)c2)cc1. The monoisotopic (exact) mass is 611 g/mol. The molecule has 0 radical (unpaired) electrons. The van der Waals surface area contributed by atoms with E-state index in [9.17, 15) is 14.0 Å². The minimum atomic E-state index is -0.424. The van der Waals surface area contributed by atoms with E-state index in [1.54, 1.807) is 42.5 Å². The topological polar surface area (TPSA) is 85.1 Å². The van der Waals surface area contributed by atoms with Gasteiger partial charge in [0, 0.05) is 22.2 Å². The van der Waals surface area contributed by atoms with Gasteiger partial charge in [-0.3, -0.25) is 9.59 Å². The summed E-state index contributed by atoms with van der Waals surface area (Å²) in [6.45, 7) is 4.27. The average Bonchev–Trinajstić information content (AvgIpc) is 3.40. The number of hydrogen-bond acceptors (Lipinski definition) is 5. The number of carbonyl (C=O) groups is 2. The van der Waals surface area contributed by atoms with Gasteiger partial charge in [0.25, 0.3) is 5.91 Å². The zero-order valence-electron chi connectivity index (χ0n) is 24.8. The van der Waals surface area contributed by atoms with Crippen molar-refractivity contribution in [1.29, 1.82) is 0 Å². The quantitative estimate of drug-likeness (QED) is 0.133. The van der Waals surface area contributed by atoms with Crippen LogP contribution in [0.4, 0.5) is 15.8 Å². The van der Waals surface area contributed by atoms with E-state index in [-0.39, 0.29) is 22.2 Å². The summed E-state index contributed by atoms with van der Waals surface area (Å²) in [5, 5.41) is 3.48. The second-order valence-corrected chi connectivity index (χ2v) is 12.0. The summed E-state index contributed by atoms with van der Waals surface area (Å²) in [6.07, 6.45) is 3.31. The molecule has 0 spiro atoms. The Kier molecular flexibility index (Phi) is 8.36. The van der Waals surface area contributed by atoms with Gasteiger partial charge in [0.05, 0.1) is 11.4 Å². The predicted octanol–water partition coefficient (Wildman–Crippen LogP) is 9.62. The Bertz CT molecular complexity index is 2070. The number of rotatable bonds is 8. The number of amides is 1. The third-order valence-corrected chi connectivity index (χ3v) is 8.64. The molecule has 0 fully saturated rings. The predicted molar refractivity (Wildman–Crippen MR) is 183 cm³/mol. The molecule has 0 aliphatic carbocycles. The van der Waals surface area contributed by atoms with E-state index in [0.717, 1.165) is 11.1 Å². The first-order chi connectivity index (χ1) is 21.8. The molecule has 5 nitrogen and oxygen atoms in total. The van der Waals surface area contributed by atoms with Gasteiger partial charge in [-0.1, -0.05) is 98.8 Å². The Labute approximate surface area is 264 Å². The lowest BCUT2D eigenvalue weighted by atomic mass is 9.99. The van der Waals surface area contributed by atoms with E-state index in [1.807, 2.05) is 48.5 Å². The highest BCUT2D eigenvalue weighted by molar-refractivity contribution is 7.21. The first-order valence-electron chi connectivity index (χ1n) is 14.5.